The molecule has 0 aliphatic carbocycles. The van der Waals surface area contributed by atoms with Crippen molar-refractivity contribution in [3.05, 3.63) is 40.7 Å². The summed E-state index contributed by atoms with van der Waals surface area (Å²) in [5.41, 5.74) is 2.56. The molecule has 0 atom stereocenters. The number of carbonyl (C=O) groups excluding carboxylic acids is 1. The molecule has 1 aliphatic heterocycles. The van der Waals surface area contributed by atoms with Gasteiger partial charge in [-0.2, -0.15) is 9.40 Å². The van der Waals surface area contributed by atoms with Crippen LogP contribution in [0.3, 0.4) is 0 Å². The summed E-state index contributed by atoms with van der Waals surface area (Å²) in [4.78, 5) is 20.6. The van der Waals surface area contributed by atoms with E-state index >= 15 is 0 Å². The predicted octanol–water partition coefficient (Wildman–Crippen LogP) is 0.385. The quantitative estimate of drug-likeness (QED) is 0.824. The second kappa shape index (κ2) is 7.12. The summed E-state index contributed by atoms with van der Waals surface area (Å²) in [6.45, 7) is 5.24. The summed E-state index contributed by atoms with van der Waals surface area (Å²) in [5, 5.41) is 7.27. The van der Waals surface area contributed by atoms with Crippen LogP contribution in [-0.2, 0) is 29.7 Å². The van der Waals surface area contributed by atoms with Crippen molar-refractivity contribution < 1.29 is 13.2 Å². The number of amides is 1. The van der Waals surface area contributed by atoms with Gasteiger partial charge in [0.05, 0.1) is 30.7 Å². The normalized spacial score (nSPS) is 15.3. The summed E-state index contributed by atoms with van der Waals surface area (Å²) in [5.74, 6) is 0.254. The fraction of sp³-hybridized carbons (Fsp3) is 0.500. The fourth-order valence-corrected chi connectivity index (χ4v) is 3.78. The van der Waals surface area contributed by atoms with E-state index < -0.39 is 10.0 Å². The molecule has 26 heavy (non-hydrogen) atoms. The minimum atomic E-state index is -3.24. The number of nitrogens with zero attached hydrogens (tertiary/aromatic N) is 5. The van der Waals surface area contributed by atoms with Gasteiger partial charge in [0.2, 0.25) is 10.0 Å². The van der Waals surface area contributed by atoms with Crippen LogP contribution in [0.2, 0.25) is 0 Å². The minimum Gasteiger partial charge on any atom is -0.345 e. The Morgan fingerprint density at radius 3 is 2.69 bits per heavy atom. The number of rotatable bonds is 4. The van der Waals surface area contributed by atoms with Crippen molar-refractivity contribution in [3.8, 4) is 0 Å². The van der Waals surface area contributed by atoms with Crippen molar-refractivity contribution in [2.45, 2.75) is 39.9 Å². The summed E-state index contributed by atoms with van der Waals surface area (Å²) in [7, 11) is -3.24. The first kappa shape index (κ1) is 18.5. The van der Waals surface area contributed by atoms with Gasteiger partial charge >= 0.3 is 0 Å². The Morgan fingerprint density at radius 1 is 1.23 bits per heavy atom. The predicted molar refractivity (Wildman–Crippen MR) is 94.8 cm³/mol. The van der Waals surface area contributed by atoms with Crippen molar-refractivity contribution in [1.82, 2.24) is 29.4 Å². The van der Waals surface area contributed by atoms with E-state index in [1.54, 1.807) is 13.0 Å². The molecule has 0 radical (unpaired) electrons. The van der Waals surface area contributed by atoms with Crippen LogP contribution in [0.1, 0.15) is 39.8 Å². The molecule has 0 saturated carbocycles. The first-order chi connectivity index (χ1) is 12.2. The molecule has 1 N–H and O–H groups in total. The molecule has 2 aromatic heterocycles. The maximum atomic E-state index is 12.3. The van der Waals surface area contributed by atoms with Crippen LogP contribution >= 0.6 is 0 Å². The Labute approximate surface area is 152 Å². The zero-order valence-electron chi connectivity index (χ0n) is 15.1. The standard InChI is InChI=1S/C16H22N6O3S/c1-11-7-15(19-12(2)18-11)16(23)17-9-13-8-14-10-21(26(3,24)25)5-4-6-22(14)20-13/h7-8H,4-6,9-10H2,1-3H3,(H,17,23). The molecule has 1 aliphatic rings. The number of hydrogen-bond donors (Lipinski definition) is 1. The molecule has 2 aromatic rings. The van der Waals surface area contributed by atoms with E-state index in [0.29, 0.717) is 43.3 Å². The summed E-state index contributed by atoms with van der Waals surface area (Å²) in [6.07, 6.45) is 1.92. The molecule has 9 nitrogen and oxygen atoms in total. The van der Waals surface area contributed by atoms with E-state index in [0.717, 1.165) is 11.4 Å². The van der Waals surface area contributed by atoms with Gasteiger partial charge in [0.25, 0.3) is 5.91 Å². The third-order valence-electron chi connectivity index (χ3n) is 4.13. The van der Waals surface area contributed by atoms with Gasteiger partial charge in [-0.15, -0.1) is 0 Å². The first-order valence-electron chi connectivity index (χ1n) is 8.33. The summed E-state index contributed by atoms with van der Waals surface area (Å²) < 4.78 is 26.9. The molecule has 0 saturated heterocycles. The van der Waals surface area contributed by atoms with Crippen LogP contribution in [0, 0.1) is 13.8 Å². The van der Waals surface area contributed by atoms with E-state index in [9.17, 15) is 13.2 Å². The maximum absolute atomic E-state index is 12.3. The Morgan fingerprint density at radius 2 is 2.00 bits per heavy atom. The number of fused-ring (bicyclic) bond motifs is 1. The second-order valence-electron chi connectivity index (χ2n) is 6.42. The van der Waals surface area contributed by atoms with Crippen LogP contribution in [0.5, 0.6) is 0 Å². The van der Waals surface area contributed by atoms with E-state index in [4.69, 9.17) is 0 Å². The number of nitrogens with one attached hydrogen (secondary N) is 1. The van der Waals surface area contributed by atoms with Crippen molar-refractivity contribution >= 4 is 15.9 Å². The number of sulfonamides is 1. The van der Waals surface area contributed by atoms with Crippen LogP contribution in [0.4, 0.5) is 0 Å². The highest BCUT2D eigenvalue weighted by molar-refractivity contribution is 7.88. The highest BCUT2D eigenvalue weighted by atomic mass is 32.2. The minimum absolute atomic E-state index is 0.250. The van der Waals surface area contributed by atoms with Crippen LogP contribution in [0.15, 0.2) is 12.1 Å². The van der Waals surface area contributed by atoms with Crippen molar-refractivity contribution in [2.24, 2.45) is 0 Å². The van der Waals surface area contributed by atoms with Gasteiger partial charge in [0.1, 0.15) is 11.5 Å². The lowest BCUT2D eigenvalue weighted by atomic mass is 10.3. The first-order valence-corrected chi connectivity index (χ1v) is 10.2. The van der Waals surface area contributed by atoms with E-state index in [1.807, 2.05) is 17.7 Å². The molecular weight excluding hydrogens is 356 g/mol. The Balaban J connectivity index is 1.69. The van der Waals surface area contributed by atoms with Gasteiger partial charge in [-0.25, -0.2) is 18.4 Å². The Kier molecular flexibility index (Phi) is 5.05. The molecule has 3 heterocycles. The number of aryl methyl sites for hydroxylation is 3. The highest BCUT2D eigenvalue weighted by Gasteiger charge is 2.23. The smallest absolute Gasteiger partial charge is 0.270 e. The average molecular weight is 378 g/mol. The largest absolute Gasteiger partial charge is 0.345 e. The lowest BCUT2D eigenvalue weighted by Gasteiger charge is -2.16. The van der Waals surface area contributed by atoms with Gasteiger partial charge in [-0.3, -0.25) is 9.48 Å². The van der Waals surface area contributed by atoms with Crippen molar-refractivity contribution in [3.63, 3.8) is 0 Å². The monoisotopic (exact) mass is 378 g/mol. The van der Waals surface area contributed by atoms with E-state index in [2.05, 4.69) is 20.4 Å². The van der Waals surface area contributed by atoms with E-state index in [-0.39, 0.29) is 12.5 Å². The summed E-state index contributed by atoms with van der Waals surface area (Å²) >= 11 is 0. The molecule has 0 spiro atoms. The molecule has 3 rings (SSSR count). The average Bonchev–Trinajstić information content (AvgIpc) is 2.80. The molecule has 0 fully saturated rings. The Bertz CT molecular complexity index is 917. The second-order valence-corrected chi connectivity index (χ2v) is 8.41. The molecule has 1 amide bonds. The number of carbonyl (C=O) groups is 1. The van der Waals surface area contributed by atoms with Crippen molar-refractivity contribution in [2.75, 3.05) is 12.8 Å². The van der Waals surface area contributed by atoms with Crippen LogP contribution in [-0.4, -0.2) is 51.2 Å². The van der Waals surface area contributed by atoms with Gasteiger partial charge in [0, 0.05) is 18.8 Å². The lowest BCUT2D eigenvalue weighted by Crippen LogP contribution is -2.29. The summed E-state index contributed by atoms with van der Waals surface area (Å²) in [6, 6.07) is 3.47. The van der Waals surface area contributed by atoms with E-state index in [1.165, 1.54) is 10.6 Å². The molecular formula is C16H22N6O3S. The topological polar surface area (TPSA) is 110 Å². The highest BCUT2D eigenvalue weighted by Crippen LogP contribution is 2.16. The van der Waals surface area contributed by atoms with Gasteiger partial charge in [0.15, 0.2) is 0 Å². The molecule has 0 unspecified atom stereocenters. The van der Waals surface area contributed by atoms with Crippen LogP contribution < -0.4 is 5.32 Å². The fourth-order valence-electron chi connectivity index (χ4n) is 2.96. The third-order valence-corrected chi connectivity index (χ3v) is 5.38. The third kappa shape index (κ3) is 4.25. The van der Waals surface area contributed by atoms with Gasteiger partial charge in [-0.1, -0.05) is 0 Å². The SMILES string of the molecule is Cc1cc(C(=O)NCc2cc3n(n2)CCCN(S(C)(=O)=O)C3)nc(C)n1. The number of hydrogen-bond acceptors (Lipinski definition) is 6. The van der Waals surface area contributed by atoms with Gasteiger partial charge in [-0.05, 0) is 32.4 Å². The lowest BCUT2D eigenvalue weighted by molar-refractivity contribution is 0.0944. The molecule has 10 heteroatoms. The molecule has 0 bridgehead atoms. The molecule has 140 valence electrons. The zero-order valence-corrected chi connectivity index (χ0v) is 15.9. The van der Waals surface area contributed by atoms with Crippen molar-refractivity contribution in [1.29, 1.82) is 0 Å². The molecule has 0 aromatic carbocycles. The van der Waals surface area contributed by atoms with Gasteiger partial charge < -0.3 is 5.32 Å². The maximum Gasteiger partial charge on any atom is 0.270 e. The Hall–Kier alpha value is -2.33. The van der Waals surface area contributed by atoms with Crippen LogP contribution in [0.25, 0.3) is 0 Å². The number of aromatic nitrogens is 4. The zero-order chi connectivity index (χ0) is 18.9.